The van der Waals surface area contributed by atoms with Crippen LogP contribution in [0, 0.1) is 11.8 Å². The van der Waals surface area contributed by atoms with Crippen LogP contribution in [0.4, 0.5) is 0 Å². The topological polar surface area (TPSA) is 61.5 Å². The molecule has 1 heterocycles. The van der Waals surface area contributed by atoms with Crippen LogP contribution in [0.5, 0.6) is 0 Å². The van der Waals surface area contributed by atoms with Crippen LogP contribution in [0.1, 0.15) is 25.7 Å². The van der Waals surface area contributed by atoms with Gasteiger partial charge in [-0.1, -0.05) is 6.42 Å². The Morgan fingerprint density at radius 2 is 2.40 bits per heavy atom. The highest BCUT2D eigenvalue weighted by atomic mass is 16.5. The molecule has 0 bridgehead atoms. The molecule has 0 aromatic heterocycles. The van der Waals surface area contributed by atoms with Crippen molar-refractivity contribution < 1.29 is 14.3 Å². The maximum atomic E-state index is 11.6. The van der Waals surface area contributed by atoms with Gasteiger partial charge >= 0.3 is 5.97 Å². The van der Waals surface area contributed by atoms with Gasteiger partial charge in [-0.15, -0.1) is 0 Å². The number of carbonyl (C=O) groups excluding carboxylic acids is 1. The summed E-state index contributed by atoms with van der Waals surface area (Å²) in [5.41, 5.74) is 5.44. The van der Waals surface area contributed by atoms with Crippen molar-refractivity contribution in [1.82, 2.24) is 0 Å². The number of nitrogens with two attached hydrogens (primary N) is 1. The zero-order valence-electron chi connectivity index (χ0n) is 9.41. The van der Waals surface area contributed by atoms with Crippen LogP contribution in [-0.2, 0) is 14.3 Å². The highest BCUT2D eigenvalue weighted by molar-refractivity contribution is 5.72. The quantitative estimate of drug-likeness (QED) is 0.529. The number of hydrogen-bond donors (Lipinski definition) is 1. The zero-order valence-corrected chi connectivity index (χ0v) is 9.41. The predicted molar refractivity (Wildman–Crippen MR) is 57.3 cm³/mol. The molecule has 88 valence electrons. The lowest BCUT2D eigenvalue weighted by molar-refractivity contribution is -0.147. The van der Waals surface area contributed by atoms with Gasteiger partial charge in [-0.25, -0.2) is 0 Å². The van der Waals surface area contributed by atoms with Gasteiger partial charge in [0.15, 0.2) is 0 Å². The van der Waals surface area contributed by atoms with E-state index in [4.69, 9.17) is 15.2 Å². The number of rotatable bonds is 6. The third-order valence-corrected chi connectivity index (χ3v) is 3.01. The van der Waals surface area contributed by atoms with E-state index in [1.165, 1.54) is 7.11 Å². The van der Waals surface area contributed by atoms with Crippen molar-refractivity contribution in [3.05, 3.63) is 0 Å². The Labute approximate surface area is 91.1 Å². The van der Waals surface area contributed by atoms with E-state index in [0.29, 0.717) is 19.1 Å². The molecule has 0 aromatic carbocycles. The average Bonchev–Trinajstić information content (AvgIpc) is 2.77. The molecule has 2 atom stereocenters. The fourth-order valence-electron chi connectivity index (χ4n) is 2.08. The molecule has 0 aromatic rings. The van der Waals surface area contributed by atoms with Gasteiger partial charge in [-0.05, 0) is 31.7 Å². The number of hydrogen-bond acceptors (Lipinski definition) is 4. The first-order chi connectivity index (χ1) is 7.29. The Balaban J connectivity index is 2.40. The Kier molecular flexibility index (Phi) is 5.65. The van der Waals surface area contributed by atoms with Crippen molar-refractivity contribution in [3.8, 4) is 0 Å². The molecule has 4 nitrogen and oxygen atoms in total. The molecule has 1 saturated heterocycles. The molecule has 2 N–H and O–H groups in total. The van der Waals surface area contributed by atoms with Crippen LogP contribution in [0.2, 0.25) is 0 Å². The van der Waals surface area contributed by atoms with E-state index in [9.17, 15) is 4.79 Å². The van der Waals surface area contributed by atoms with E-state index in [0.717, 1.165) is 32.3 Å². The first kappa shape index (κ1) is 12.5. The lowest BCUT2D eigenvalue weighted by Crippen LogP contribution is -2.25. The van der Waals surface area contributed by atoms with Gasteiger partial charge in [0.1, 0.15) is 0 Å². The summed E-state index contributed by atoms with van der Waals surface area (Å²) in [6, 6.07) is 0. The van der Waals surface area contributed by atoms with Gasteiger partial charge in [0.25, 0.3) is 0 Å². The van der Waals surface area contributed by atoms with Crippen LogP contribution in [0.15, 0.2) is 0 Å². The molecule has 0 saturated carbocycles. The fourth-order valence-corrected chi connectivity index (χ4v) is 2.08. The molecule has 0 amide bonds. The van der Waals surface area contributed by atoms with Crippen molar-refractivity contribution >= 4 is 5.97 Å². The summed E-state index contributed by atoms with van der Waals surface area (Å²) in [5.74, 6) is 0.252. The van der Waals surface area contributed by atoms with Crippen molar-refractivity contribution in [1.29, 1.82) is 0 Å². The molecule has 0 spiro atoms. The van der Waals surface area contributed by atoms with Crippen molar-refractivity contribution in [2.45, 2.75) is 25.7 Å². The lowest BCUT2D eigenvalue weighted by atomic mass is 9.87. The van der Waals surface area contributed by atoms with Crippen LogP contribution in [0.25, 0.3) is 0 Å². The van der Waals surface area contributed by atoms with Gasteiger partial charge in [-0.3, -0.25) is 4.79 Å². The number of methoxy groups -OCH3 is 1. The summed E-state index contributed by atoms with van der Waals surface area (Å²) < 4.78 is 10.1. The smallest absolute Gasteiger partial charge is 0.309 e. The second-order valence-corrected chi connectivity index (χ2v) is 4.04. The van der Waals surface area contributed by atoms with E-state index in [1.54, 1.807) is 0 Å². The highest BCUT2D eigenvalue weighted by Gasteiger charge is 2.31. The van der Waals surface area contributed by atoms with E-state index in [1.807, 2.05) is 0 Å². The van der Waals surface area contributed by atoms with Crippen molar-refractivity contribution in [3.63, 3.8) is 0 Å². The van der Waals surface area contributed by atoms with Crippen LogP contribution in [-0.4, -0.2) is 32.8 Å². The largest absolute Gasteiger partial charge is 0.469 e. The number of esters is 1. The maximum Gasteiger partial charge on any atom is 0.309 e. The molecule has 1 aliphatic heterocycles. The van der Waals surface area contributed by atoms with Gasteiger partial charge in [0, 0.05) is 6.61 Å². The van der Waals surface area contributed by atoms with Crippen molar-refractivity contribution in [2.75, 3.05) is 26.9 Å². The monoisotopic (exact) mass is 215 g/mol. The highest BCUT2D eigenvalue weighted by Crippen LogP contribution is 2.27. The van der Waals surface area contributed by atoms with Crippen LogP contribution >= 0.6 is 0 Å². The molecule has 1 fully saturated rings. The van der Waals surface area contributed by atoms with Crippen molar-refractivity contribution in [2.24, 2.45) is 17.6 Å². The molecular formula is C11H21NO3. The fraction of sp³-hybridized carbons (Fsp3) is 0.909. The molecule has 1 aliphatic rings. The SMILES string of the molecule is COC(=O)C(CCCCN)C1CCOC1. The first-order valence-electron chi connectivity index (χ1n) is 5.65. The third kappa shape index (κ3) is 3.80. The summed E-state index contributed by atoms with van der Waals surface area (Å²) in [4.78, 5) is 11.6. The second kappa shape index (κ2) is 6.80. The van der Waals surface area contributed by atoms with E-state index in [-0.39, 0.29) is 11.9 Å². The Bertz CT molecular complexity index is 190. The van der Waals surface area contributed by atoms with Gasteiger partial charge in [0.2, 0.25) is 0 Å². The molecular weight excluding hydrogens is 194 g/mol. The van der Waals surface area contributed by atoms with Crippen LogP contribution < -0.4 is 5.73 Å². The Morgan fingerprint density at radius 1 is 1.60 bits per heavy atom. The van der Waals surface area contributed by atoms with Gasteiger partial charge < -0.3 is 15.2 Å². The van der Waals surface area contributed by atoms with Gasteiger partial charge in [-0.2, -0.15) is 0 Å². The normalized spacial score (nSPS) is 22.7. The summed E-state index contributed by atoms with van der Waals surface area (Å²) in [6.45, 7) is 2.16. The minimum atomic E-state index is -0.0949. The molecule has 2 unspecified atom stereocenters. The first-order valence-corrected chi connectivity index (χ1v) is 5.65. The van der Waals surface area contributed by atoms with E-state index >= 15 is 0 Å². The van der Waals surface area contributed by atoms with Crippen LogP contribution in [0.3, 0.4) is 0 Å². The molecule has 0 aliphatic carbocycles. The Hall–Kier alpha value is -0.610. The molecule has 15 heavy (non-hydrogen) atoms. The van der Waals surface area contributed by atoms with E-state index < -0.39 is 0 Å². The summed E-state index contributed by atoms with van der Waals surface area (Å²) in [7, 11) is 1.45. The maximum absolute atomic E-state index is 11.6. The summed E-state index contributed by atoms with van der Waals surface area (Å²) >= 11 is 0. The lowest BCUT2D eigenvalue weighted by Gasteiger charge is -2.19. The minimum absolute atomic E-state index is 0.00375. The standard InChI is InChI=1S/C11H21NO3/c1-14-11(13)10(4-2-3-6-12)9-5-7-15-8-9/h9-10H,2-8,12H2,1H3. The number of carbonyl (C=O) groups is 1. The average molecular weight is 215 g/mol. The summed E-state index contributed by atoms with van der Waals surface area (Å²) in [6.07, 6.45) is 3.81. The van der Waals surface area contributed by atoms with Gasteiger partial charge in [0.05, 0.1) is 19.6 Å². The predicted octanol–water partition coefficient (Wildman–Crippen LogP) is 0.941. The molecule has 1 rings (SSSR count). The second-order valence-electron chi connectivity index (χ2n) is 4.04. The van der Waals surface area contributed by atoms with E-state index in [2.05, 4.69) is 0 Å². The summed E-state index contributed by atoms with van der Waals surface area (Å²) in [5, 5.41) is 0. The molecule has 0 radical (unpaired) electrons. The minimum Gasteiger partial charge on any atom is -0.469 e. The molecule has 4 heteroatoms. The third-order valence-electron chi connectivity index (χ3n) is 3.01. The Morgan fingerprint density at radius 3 is 2.93 bits per heavy atom. The number of ether oxygens (including phenoxy) is 2. The number of unbranched alkanes of at least 4 members (excludes halogenated alkanes) is 1. The zero-order chi connectivity index (χ0) is 11.1.